The van der Waals surface area contributed by atoms with E-state index in [1.807, 2.05) is 13.0 Å². The minimum absolute atomic E-state index is 0.146. The van der Waals surface area contributed by atoms with Gasteiger partial charge in [-0.25, -0.2) is 9.97 Å². The molecule has 7 nitrogen and oxygen atoms in total. The Morgan fingerprint density at radius 1 is 1.28 bits per heavy atom. The summed E-state index contributed by atoms with van der Waals surface area (Å²) in [6.07, 6.45) is 4.20. The molecule has 2 rings (SSSR count). The van der Waals surface area contributed by atoms with Crippen LogP contribution in [0.15, 0.2) is 48.7 Å². The van der Waals surface area contributed by atoms with Crippen molar-refractivity contribution in [3.8, 4) is 0 Å². The molecule has 1 N–H and O–H groups in total. The number of nitrogens with zero attached hydrogens (tertiary/aromatic N) is 4. The zero-order chi connectivity index (χ0) is 18.4. The van der Waals surface area contributed by atoms with E-state index in [9.17, 15) is 10.1 Å². The molecule has 2 heterocycles. The van der Waals surface area contributed by atoms with E-state index in [0.29, 0.717) is 22.7 Å². The van der Waals surface area contributed by atoms with Crippen molar-refractivity contribution in [3.05, 3.63) is 80.2 Å². The van der Waals surface area contributed by atoms with Crippen LogP contribution < -0.4 is 5.32 Å². The molecule has 0 aromatic carbocycles. The number of aromatic nitrogens is 2. The summed E-state index contributed by atoms with van der Waals surface area (Å²) in [5.74, 6) is 0.363. The van der Waals surface area contributed by atoms with Crippen LogP contribution >= 0.6 is 23.2 Å². The molecule has 0 saturated carbocycles. The van der Waals surface area contributed by atoms with Gasteiger partial charge >= 0.3 is 0 Å². The Morgan fingerprint density at radius 2 is 1.92 bits per heavy atom. The van der Waals surface area contributed by atoms with Crippen LogP contribution in [0.1, 0.15) is 24.1 Å². The van der Waals surface area contributed by atoms with Crippen LogP contribution in [-0.2, 0) is 6.54 Å². The Hall–Kier alpha value is -2.38. The maximum Gasteiger partial charge on any atom is 0.274 e. The van der Waals surface area contributed by atoms with Crippen LogP contribution in [0.25, 0.3) is 0 Å². The summed E-state index contributed by atoms with van der Waals surface area (Å²) in [4.78, 5) is 20.3. The lowest BCUT2D eigenvalue weighted by Crippen LogP contribution is -2.31. The average molecular weight is 382 g/mol. The van der Waals surface area contributed by atoms with Gasteiger partial charge in [-0.3, -0.25) is 10.1 Å². The van der Waals surface area contributed by atoms with Crippen molar-refractivity contribution in [3.63, 3.8) is 0 Å². The first-order valence-electron chi connectivity index (χ1n) is 7.40. The predicted octanol–water partition coefficient (Wildman–Crippen LogP) is 3.64. The lowest BCUT2D eigenvalue weighted by atomic mass is 10.1. The van der Waals surface area contributed by atoms with Crippen molar-refractivity contribution >= 4 is 23.2 Å². The number of hydrogen-bond donors (Lipinski definition) is 1. The number of nitrogens with one attached hydrogen (secondary N) is 1. The van der Waals surface area contributed by atoms with Gasteiger partial charge in [-0.05, 0) is 30.2 Å². The van der Waals surface area contributed by atoms with E-state index in [2.05, 4.69) is 15.3 Å². The molecule has 9 heteroatoms. The fraction of sp³-hybridized carbons (Fsp3) is 0.250. The summed E-state index contributed by atoms with van der Waals surface area (Å²) in [6, 6.07) is 6.85. The standard InChI is InChI=1S/C16H17Cl2N5O2/c1-11(13-4-6-15(18)20-9-13)22(2)16(10-23(24)25)21-8-12-3-5-14(17)19-7-12/h3-7,9-11,21H,8H2,1-2H3/b16-10+. The number of rotatable bonds is 7. The highest BCUT2D eigenvalue weighted by Crippen LogP contribution is 2.22. The molecule has 1 atom stereocenters. The Balaban J connectivity index is 2.14. The number of pyridine rings is 2. The molecule has 2 aromatic heterocycles. The normalized spacial score (nSPS) is 12.6. The Morgan fingerprint density at radius 3 is 2.44 bits per heavy atom. The first-order valence-corrected chi connectivity index (χ1v) is 8.16. The second-order valence-corrected chi connectivity index (χ2v) is 6.12. The first-order chi connectivity index (χ1) is 11.9. The molecule has 0 radical (unpaired) electrons. The summed E-state index contributed by atoms with van der Waals surface area (Å²) >= 11 is 11.6. The first kappa shape index (κ1) is 19.0. The van der Waals surface area contributed by atoms with E-state index in [4.69, 9.17) is 23.2 Å². The smallest absolute Gasteiger partial charge is 0.274 e. The van der Waals surface area contributed by atoms with Gasteiger partial charge in [0, 0.05) is 26.0 Å². The molecule has 132 valence electrons. The van der Waals surface area contributed by atoms with E-state index in [1.165, 1.54) is 0 Å². The van der Waals surface area contributed by atoms with Gasteiger partial charge in [0.1, 0.15) is 10.3 Å². The molecular formula is C16H17Cl2N5O2. The minimum atomic E-state index is -0.494. The molecule has 0 aliphatic heterocycles. The average Bonchev–Trinajstić information content (AvgIpc) is 2.59. The zero-order valence-electron chi connectivity index (χ0n) is 13.7. The molecular weight excluding hydrogens is 365 g/mol. The predicted molar refractivity (Wildman–Crippen MR) is 96.6 cm³/mol. The van der Waals surface area contributed by atoms with Gasteiger partial charge in [-0.1, -0.05) is 35.3 Å². The Bertz CT molecular complexity index is 750. The van der Waals surface area contributed by atoms with Crippen molar-refractivity contribution in [2.45, 2.75) is 19.5 Å². The van der Waals surface area contributed by atoms with Gasteiger partial charge in [0.25, 0.3) is 6.20 Å². The summed E-state index contributed by atoms with van der Waals surface area (Å²) in [6.45, 7) is 2.30. The third-order valence-corrected chi connectivity index (χ3v) is 4.13. The van der Waals surface area contributed by atoms with Crippen molar-refractivity contribution in [1.82, 2.24) is 20.2 Å². The van der Waals surface area contributed by atoms with Gasteiger partial charge < -0.3 is 10.2 Å². The SMILES string of the molecule is CC(c1ccc(Cl)nc1)N(C)/C(=C/[N+](=O)[O-])NCc1ccc(Cl)nc1. The summed E-state index contributed by atoms with van der Waals surface area (Å²) in [7, 11) is 1.77. The highest BCUT2D eigenvalue weighted by atomic mass is 35.5. The highest BCUT2D eigenvalue weighted by molar-refractivity contribution is 6.29. The quantitative estimate of drug-likeness (QED) is 0.447. The largest absolute Gasteiger partial charge is 0.362 e. The van der Waals surface area contributed by atoms with Crippen molar-refractivity contribution < 1.29 is 4.92 Å². The molecule has 0 amide bonds. The van der Waals surface area contributed by atoms with Crippen LogP contribution in [0.5, 0.6) is 0 Å². The molecule has 2 aromatic rings. The lowest BCUT2D eigenvalue weighted by molar-refractivity contribution is -0.404. The van der Waals surface area contributed by atoms with E-state index >= 15 is 0 Å². The van der Waals surface area contributed by atoms with Crippen molar-refractivity contribution in [1.29, 1.82) is 0 Å². The summed E-state index contributed by atoms with van der Waals surface area (Å²) in [5, 5.41) is 14.8. The number of hydrogen-bond acceptors (Lipinski definition) is 6. The maximum atomic E-state index is 11.0. The summed E-state index contributed by atoms with van der Waals surface area (Å²) in [5.41, 5.74) is 1.74. The fourth-order valence-electron chi connectivity index (χ4n) is 2.13. The molecule has 0 spiro atoms. The third-order valence-electron chi connectivity index (χ3n) is 3.68. The van der Waals surface area contributed by atoms with E-state index in [1.54, 1.807) is 42.5 Å². The monoisotopic (exact) mass is 381 g/mol. The highest BCUT2D eigenvalue weighted by Gasteiger charge is 2.17. The van der Waals surface area contributed by atoms with Crippen LogP contribution in [0.4, 0.5) is 0 Å². The van der Waals surface area contributed by atoms with Crippen LogP contribution in [0, 0.1) is 10.1 Å². The molecule has 0 saturated heterocycles. The topological polar surface area (TPSA) is 84.2 Å². The minimum Gasteiger partial charge on any atom is -0.362 e. The molecule has 0 aliphatic rings. The Labute approximate surface area is 155 Å². The van der Waals surface area contributed by atoms with Gasteiger partial charge in [0.05, 0.1) is 11.0 Å². The van der Waals surface area contributed by atoms with E-state index in [0.717, 1.165) is 17.3 Å². The molecule has 0 fully saturated rings. The van der Waals surface area contributed by atoms with Crippen LogP contribution in [-0.4, -0.2) is 26.8 Å². The Kier molecular flexibility index (Phi) is 6.55. The fourth-order valence-corrected chi connectivity index (χ4v) is 2.36. The molecule has 0 bridgehead atoms. The van der Waals surface area contributed by atoms with E-state index < -0.39 is 4.92 Å². The molecule has 0 aliphatic carbocycles. The maximum absolute atomic E-state index is 11.0. The number of nitro groups is 1. The molecule has 25 heavy (non-hydrogen) atoms. The van der Waals surface area contributed by atoms with E-state index in [-0.39, 0.29) is 6.04 Å². The van der Waals surface area contributed by atoms with Crippen LogP contribution in [0.2, 0.25) is 10.3 Å². The third kappa shape index (κ3) is 5.58. The number of halogens is 2. The second kappa shape index (κ2) is 8.64. The lowest BCUT2D eigenvalue weighted by Gasteiger charge is -2.28. The van der Waals surface area contributed by atoms with Crippen molar-refractivity contribution in [2.75, 3.05) is 7.05 Å². The van der Waals surface area contributed by atoms with Gasteiger partial charge in [-0.2, -0.15) is 0 Å². The summed E-state index contributed by atoms with van der Waals surface area (Å²) < 4.78 is 0. The van der Waals surface area contributed by atoms with Crippen molar-refractivity contribution in [2.24, 2.45) is 0 Å². The zero-order valence-corrected chi connectivity index (χ0v) is 15.2. The van der Waals surface area contributed by atoms with Crippen LogP contribution in [0.3, 0.4) is 0 Å². The second-order valence-electron chi connectivity index (χ2n) is 5.34. The molecule has 1 unspecified atom stereocenters. The van der Waals surface area contributed by atoms with Gasteiger partial charge in [0.15, 0.2) is 5.82 Å². The van der Waals surface area contributed by atoms with Gasteiger partial charge in [-0.15, -0.1) is 0 Å². The van der Waals surface area contributed by atoms with Gasteiger partial charge in [0.2, 0.25) is 0 Å².